The van der Waals surface area contributed by atoms with E-state index in [9.17, 15) is 4.39 Å². The number of halogens is 2. The smallest absolute Gasteiger partial charge is 0.191 e. The minimum Gasteiger partial charge on any atom is -0.495 e. The molecule has 3 aromatic rings. The molecule has 176 valence electrons. The Balaban J connectivity index is 0.00000306. The van der Waals surface area contributed by atoms with Gasteiger partial charge in [0, 0.05) is 45.3 Å². The second-order valence-electron chi connectivity index (χ2n) is 7.72. The highest BCUT2D eigenvalue weighted by molar-refractivity contribution is 14.0. The number of benzene rings is 2. The molecule has 0 radical (unpaired) electrons. The molecule has 1 fully saturated rings. The summed E-state index contributed by atoms with van der Waals surface area (Å²) < 4.78 is 20.4. The van der Waals surface area contributed by atoms with E-state index in [1.807, 2.05) is 30.5 Å². The van der Waals surface area contributed by atoms with E-state index in [1.165, 1.54) is 12.1 Å². The number of anilines is 1. The standard InChI is InChI=1S/C24H29FN6O.HI/c1-26-24(28-20-12-15-30(17-20)22-5-3-4-6-23(22)32-2)27-14-11-19-13-16-31(29-19)21-9-7-18(25)8-10-21;/h3-10,13,16,20H,11-12,14-15,17H2,1-2H3,(H2,26,27,28);1H. The number of hydrogen-bond donors (Lipinski definition) is 2. The summed E-state index contributed by atoms with van der Waals surface area (Å²) >= 11 is 0. The average molecular weight is 564 g/mol. The zero-order chi connectivity index (χ0) is 22.3. The molecule has 33 heavy (non-hydrogen) atoms. The molecule has 2 N–H and O–H groups in total. The Kier molecular flexibility index (Phi) is 8.93. The summed E-state index contributed by atoms with van der Waals surface area (Å²) in [7, 11) is 3.49. The minimum atomic E-state index is -0.252. The van der Waals surface area contributed by atoms with E-state index >= 15 is 0 Å². The fourth-order valence-electron chi connectivity index (χ4n) is 3.92. The monoisotopic (exact) mass is 564 g/mol. The molecule has 1 aromatic heterocycles. The average Bonchev–Trinajstić information content (AvgIpc) is 3.49. The fourth-order valence-corrected chi connectivity index (χ4v) is 3.92. The molecule has 0 amide bonds. The molecule has 7 nitrogen and oxygen atoms in total. The van der Waals surface area contributed by atoms with E-state index in [2.05, 4.69) is 31.7 Å². The van der Waals surface area contributed by atoms with E-state index < -0.39 is 0 Å². The van der Waals surface area contributed by atoms with Gasteiger partial charge in [0.2, 0.25) is 0 Å². The highest BCUT2D eigenvalue weighted by Gasteiger charge is 2.25. The topological polar surface area (TPSA) is 66.7 Å². The molecule has 1 aliphatic heterocycles. The van der Waals surface area contributed by atoms with Gasteiger partial charge in [0.15, 0.2) is 5.96 Å². The Morgan fingerprint density at radius 2 is 1.97 bits per heavy atom. The van der Waals surface area contributed by atoms with Crippen LogP contribution in [0, 0.1) is 5.82 Å². The molecule has 1 unspecified atom stereocenters. The van der Waals surface area contributed by atoms with Crippen molar-refractivity contribution in [2.75, 3.05) is 38.7 Å². The number of ether oxygens (including phenoxy) is 1. The van der Waals surface area contributed by atoms with Crippen LogP contribution in [0.3, 0.4) is 0 Å². The van der Waals surface area contributed by atoms with Gasteiger partial charge in [-0.1, -0.05) is 12.1 Å². The van der Waals surface area contributed by atoms with Crippen LogP contribution in [-0.2, 0) is 6.42 Å². The fraction of sp³-hybridized carbons (Fsp3) is 0.333. The summed E-state index contributed by atoms with van der Waals surface area (Å²) in [5.74, 6) is 1.43. The van der Waals surface area contributed by atoms with Gasteiger partial charge in [-0.05, 0) is 48.9 Å². The normalized spacial score (nSPS) is 15.8. The molecule has 0 bridgehead atoms. The summed E-state index contributed by atoms with van der Waals surface area (Å²) in [5.41, 5.74) is 2.92. The molecule has 0 spiro atoms. The van der Waals surface area contributed by atoms with Crippen molar-refractivity contribution in [2.45, 2.75) is 18.9 Å². The van der Waals surface area contributed by atoms with Gasteiger partial charge in [-0.25, -0.2) is 9.07 Å². The number of para-hydroxylation sites is 2. The van der Waals surface area contributed by atoms with Crippen LogP contribution in [0.5, 0.6) is 5.75 Å². The third-order valence-corrected chi connectivity index (χ3v) is 5.59. The van der Waals surface area contributed by atoms with Crippen molar-refractivity contribution in [3.8, 4) is 11.4 Å². The van der Waals surface area contributed by atoms with Gasteiger partial charge < -0.3 is 20.3 Å². The van der Waals surface area contributed by atoms with Gasteiger partial charge in [-0.3, -0.25) is 4.99 Å². The molecule has 9 heteroatoms. The lowest BCUT2D eigenvalue weighted by Crippen LogP contribution is -2.45. The lowest BCUT2D eigenvalue weighted by molar-refractivity contribution is 0.415. The van der Waals surface area contributed by atoms with Gasteiger partial charge in [0.25, 0.3) is 0 Å². The number of methoxy groups -OCH3 is 1. The van der Waals surface area contributed by atoms with Crippen molar-refractivity contribution in [2.24, 2.45) is 4.99 Å². The largest absolute Gasteiger partial charge is 0.495 e. The summed E-state index contributed by atoms with van der Waals surface area (Å²) in [5, 5.41) is 11.5. The Bertz CT molecular complexity index is 1060. The van der Waals surface area contributed by atoms with Crippen molar-refractivity contribution in [3.05, 3.63) is 72.3 Å². The molecular weight excluding hydrogens is 534 g/mol. The number of aliphatic imine (C=N–C) groups is 1. The second kappa shape index (κ2) is 11.9. The third kappa shape index (κ3) is 6.37. The highest BCUT2D eigenvalue weighted by atomic mass is 127. The SMILES string of the molecule is CN=C(NCCc1ccn(-c2ccc(F)cc2)n1)NC1CCN(c2ccccc2OC)C1.I. The molecular formula is C24H30FIN6O. The zero-order valence-corrected chi connectivity index (χ0v) is 21.2. The van der Waals surface area contributed by atoms with Crippen LogP contribution < -0.4 is 20.3 Å². The van der Waals surface area contributed by atoms with Crippen LogP contribution >= 0.6 is 24.0 Å². The maximum Gasteiger partial charge on any atom is 0.191 e. The van der Waals surface area contributed by atoms with E-state index in [-0.39, 0.29) is 29.8 Å². The summed E-state index contributed by atoms with van der Waals surface area (Å²) in [6.45, 7) is 2.57. The Morgan fingerprint density at radius 3 is 2.73 bits per heavy atom. The molecule has 0 aliphatic carbocycles. The molecule has 2 heterocycles. The van der Waals surface area contributed by atoms with Crippen LogP contribution in [-0.4, -0.2) is 55.6 Å². The highest BCUT2D eigenvalue weighted by Crippen LogP contribution is 2.30. The van der Waals surface area contributed by atoms with Crippen LogP contribution in [0.2, 0.25) is 0 Å². The van der Waals surface area contributed by atoms with Crippen LogP contribution in [0.4, 0.5) is 10.1 Å². The predicted octanol–water partition coefficient (Wildman–Crippen LogP) is 3.62. The first-order chi connectivity index (χ1) is 15.7. The van der Waals surface area contributed by atoms with E-state index in [1.54, 1.807) is 31.0 Å². The van der Waals surface area contributed by atoms with Crippen molar-refractivity contribution in [1.29, 1.82) is 0 Å². The molecule has 1 atom stereocenters. The molecule has 0 saturated carbocycles. The number of nitrogens with one attached hydrogen (secondary N) is 2. The maximum absolute atomic E-state index is 13.1. The van der Waals surface area contributed by atoms with Crippen molar-refractivity contribution >= 4 is 35.6 Å². The molecule has 1 aliphatic rings. The first-order valence-corrected chi connectivity index (χ1v) is 10.8. The quantitative estimate of drug-likeness (QED) is 0.261. The zero-order valence-electron chi connectivity index (χ0n) is 18.9. The third-order valence-electron chi connectivity index (χ3n) is 5.59. The molecule has 1 saturated heterocycles. The number of nitrogens with zero attached hydrogens (tertiary/aromatic N) is 4. The van der Waals surface area contributed by atoms with Gasteiger partial charge in [-0.2, -0.15) is 5.10 Å². The summed E-state index contributed by atoms with van der Waals surface area (Å²) in [4.78, 5) is 6.70. The number of hydrogen-bond acceptors (Lipinski definition) is 4. The van der Waals surface area contributed by atoms with Crippen molar-refractivity contribution in [1.82, 2.24) is 20.4 Å². The number of aromatic nitrogens is 2. The summed E-state index contributed by atoms with van der Waals surface area (Å²) in [6, 6.07) is 16.7. The van der Waals surface area contributed by atoms with E-state index in [0.29, 0.717) is 12.6 Å². The predicted molar refractivity (Wildman–Crippen MR) is 141 cm³/mol. The van der Waals surface area contributed by atoms with Crippen LogP contribution in [0.25, 0.3) is 5.69 Å². The second-order valence-corrected chi connectivity index (χ2v) is 7.72. The van der Waals surface area contributed by atoms with E-state index in [0.717, 1.165) is 54.7 Å². The van der Waals surface area contributed by atoms with Gasteiger partial charge >= 0.3 is 0 Å². The Morgan fingerprint density at radius 1 is 1.18 bits per heavy atom. The molecule has 2 aromatic carbocycles. The number of guanidine groups is 1. The van der Waals surface area contributed by atoms with Gasteiger partial charge in [-0.15, -0.1) is 24.0 Å². The van der Waals surface area contributed by atoms with Crippen LogP contribution in [0.1, 0.15) is 12.1 Å². The Hall–Kier alpha value is -2.82. The summed E-state index contributed by atoms with van der Waals surface area (Å²) in [6.07, 6.45) is 3.67. The van der Waals surface area contributed by atoms with Gasteiger partial charge in [0.1, 0.15) is 11.6 Å². The van der Waals surface area contributed by atoms with Crippen LogP contribution in [0.15, 0.2) is 65.8 Å². The lowest BCUT2D eigenvalue weighted by atomic mass is 10.2. The lowest BCUT2D eigenvalue weighted by Gasteiger charge is -2.22. The molecule has 4 rings (SSSR count). The van der Waals surface area contributed by atoms with Crippen molar-refractivity contribution < 1.29 is 9.13 Å². The minimum absolute atomic E-state index is 0. The maximum atomic E-state index is 13.1. The first-order valence-electron chi connectivity index (χ1n) is 10.8. The number of rotatable bonds is 7. The van der Waals surface area contributed by atoms with E-state index in [4.69, 9.17) is 4.74 Å². The first kappa shape index (κ1) is 24.8. The Labute approximate surface area is 211 Å². The van der Waals surface area contributed by atoms with Crippen molar-refractivity contribution in [3.63, 3.8) is 0 Å². The van der Waals surface area contributed by atoms with Gasteiger partial charge in [0.05, 0.1) is 24.2 Å².